The molecular weight excluding hydrogens is 232 g/mol. The third-order valence-corrected chi connectivity index (χ3v) is 2.57. The molecule has 5 nitrogen and oxygen atoms in total. The van der Waals surface area contributed by atoms with Gasteiger partial charge in [-0.1, -0.05) is 0 Å². The number of hydrogen-bond donors (Lipinski definition) is 1. The summed E-state index contributed by atoms with van der Waals surface area (Å²) < 4.78 is 16.3. The average molecular weight is 244 g/mol. The highest BCUT2D eigenvalue weighted by Crippen LogP contribution is 2.36. The van der Waals surface area contributed by atoms with E-state index >= 15 is 0 Å². The zero-order chi connectivity index (χ0) is 12.4. The number of nitrogens with zero attached hydrogens (tertiary/aromatic N) is 1. The van der Waals surface area contributed by atoms with E-state index in [0.717, 1.165) is 11.6 Å². The number of anilines is 1. The van der Waals surface area contributed by atoms with E-state index in [4.69, 9.17) is 14.2 Å². The molecule has 0 radical (unpaired) electrons. The monoisotopic (exact) mass is 244 g/mol. The van der Waals surface area contributed by atoms with Crippen molar-refractivity contribution in [2.24, 2.45) is 0 Å². The Labute approximate surface area is 104 Å². The molecule has 1 aromatic heterocycles. The second kappa shape index (κ2) is 4.44. The van der Waals surface area contributed by atoms with E-state index in [-0.39, 0.29) is 6.79 Å². The minimum Gasteiger partial charge on any atom is -0.457 e. The molecule has 1 N–H and O–H groups in total. The minimum absolute atomic E-state index is 0.262. The summed E-state index contributed by atoms with van der Waals surface area (Å²) in [7, 11) is 1.81. The number of aromatic nitrogens is 1. The van der Waals surface area contributed by atoms with Gasteiger partial charge in [0.25, 0.3) is 0 Å². The van der Waals surface area contributed by atoms with E-state index in [2.05, 4.69) is 10.3 Å². The Hall–Kier alpha value is -2.43. The first kappa shape index (κ1) is 10.7. The quantitative estimate of drug-likeness (QED) is 0.899. The van der Waals surface area contributed by atoms with Gasteiger partial charge in [0, 0.05) is 25.4 Å². The van der Waals surface area contributed by atoms with Gasteiger partial charge < -0.3 is 19.5 Å². The predicted molar refractivity (Wildman–Crippen MR) is 66.4 cm³/mol. The molecule has 0 atom stereocenters. The number of benzene rings is 1. The average Bonchev–Trinajstić information content (AvgIpc) is 2.86. The maximum atomic E-state index is 5.73. The highest BCUT2D eigenvalue weighted by Gasteiger charge is 2.13. The topological polar surface area (TPSA) is 52.6 Å². The van der Waals surface area contributed by atoms with E-state index in [1.807, 2.05) is 31.3 Å². The summed E-state index contributed by atoms with van der Waals surface area (Å²) in [6, 6.07) is 9.10. The van der Waals surface area contributed by atoms with Crippen LogP contribution in [0, 0.1) is 0 Å². The van der Waals surface area contributed by atoms with Gasteiger partial charge >= 0.3 is 0 Å². The Kier molecular flexibility index (Phi) is 2.64. The first-order valence-electron chi connectivity index (χ1n) is 5.56. The number of nitrogens with one attached hydrogen (secondary N) is 1. The van der Waals surface area contributed by atoms with Crippen molar-refractivity contribution in [2.75, 3.05) is 19.2 Å². The van der Waals surface area contributed by atoms with Gasteiger partial charge in [0.1, 0.15) is 17.3 Å². The van der Waals surface area contributed by atoms with E-state index in [9.17, 15) is 0 Å². The van der Waals surface area contributed by atoms with Gasteiger partial charge in [-0.25, -0.2) is 4.98 Å². The van der Waals surface area contributed by atoms with Gasteiger partial charge in [-0.3, -0.25) is 0 Å². The van der Waals surface area contributed by atoms with E-state index < -0.39 is 0 Å². The van der Waals surface area contributed by atoms with Crippen molar-refractivity contribution in [3.8, 4) is 23.0 Å². The summed E-state index contributed by atoms with van der Waals surface area (Å²) >= 11 is 0. The lowest BCUT2D eigenvalue weighted by atomic mass is 10.3. The van der Waals surface area contributed by atoms with Crippen molar-refractivity contribution in [3.05, 3.63) is 36.5 Å². The zero-order valence-corrected chi connectivity index (χ0v) is 9.84. The molecule has 1 aromatic carbocycles. The first-order valence-corrected chi connectivity index (χ1v) is 5.56. The third-order valence-electron chi connectivity index (χ3n) is 2.57. The standard InChI is InChI=1S/C13H12N2O3/c1-14-13-7-10(4-5-15-13)18-9-2-3-11-12(6-9)17-8-16-11/h2-7H,8H2,1H3,(H,14,15). The van der Waals surface area contributed by atoms with Crippen LogP contribution in [0.15, 0.2) is 36.5 Å². The number of ether oxygens (including phenoxy) is 3. The molecular formula is C13H12N2O3. The Bertz CT molecular complexity index is 572. The molecule has 0 fully saturated rings. The van der Waals surface area contributed by atoms with Crippen LogP contribution in [-0.4, -0.2) is 18.8 Å². The van der Waals surface area contributed by atoms with Crippen molar-refractivity contribution < 1.29 is 14.2 Å². The molecule has 92 valence electrons. The van der Waals surface area contributed by atoms with Gasteiger partial charge in [0.15, 0.2) is 11.5 Å². The Morgan fingerprint density at radius 2 is 1.94 bits per heavy atom. The van der Waals surface area contributed by atoms with E-state index in [1.165, 1.54) is 0 Å². The first-order chi connectivity index (χ1) is 8.85. The van der Waals surface area contributed by atoms with Crippen molar-refractivity contribution in [1.82, 2.24) is 4.98 Å². The lowest BCUT2D eigenvalue weighted by Gasteiger charge is -2.07. The largest absolute Gasteiger partial charge is 0.457 e. The molecule has 1 aliphatic rings. The van der Waals surface area contributed by atoms with Crippen molar-refractivity contribution in [2.45, 2.75) is 0 Å². The molecule has 0 saturated carbocycles. The van der Waals surface area contributed by atoms with E-state index in [0.29, 0.717) is 17.2 Å². The van der Waals surface area contributed by atoms with Gasteiger partial charge in [-0.15, -0.1) is 0 Å². The van der Waals surface area contributed by atoms with Crippen LogP contribution in [0.3, 0.4) is 0 Å². The molecule has 0 saturated heterocycles. The second-order valence-corrected chi connectivity index (χ2v) is 3.74. The highest BCUT2D eigenvalue weighted by atomic mass is 16.7. The van der Waals surface area contributed by atoms with E-state index in [1.54, 1.807) is 12.3 Å². The van der Waals surface area contributed by atoms with Crippen LogP contribution in [0.1, 0.15) is 0 Å². The number of rotatable bonds is 3. The number of pyridine rings is 1. The fraction of sp³-hybridized carbons (Fsp3) is 0.154. The highest BCUT2D eigenvalue weighted by molar-refractivity contribution is 5.49. The maximum Gasteiger partial charge on any atom is 0.231 e. The van der Waals surface area contributed by atoms with Gasteiger partial charge in [-0.2, -0.15) is 0 Å². The Morgan fingerprint density at radius 1 is 1.11 bits per heavy atom. The Balaban J connectivity index is 1.83. The normalized spacial score (nSPS) is 12.3. The summed E-state index contributed by atoms with van der Waals surface area (Å²) in [6.45, 7) is 0.262. The van der Waals surface area contributed by atoms with Crippen LogP contribution in [0.5, 0.6) is 23.0 Å². The molecule has 2 aromatic rings. The van der Waals surface area contributed by atoms with Crippen LogP contribution in [-0.2, 0) is 0 Å². The fourth-order valence-corrected chi connectivity index (χ4v) is 1.69. The second-order valence-electron chi connectivity index (χ2n) is 3.74. The molecule has 0 aliphatic carbocycles. The molecule has 0 amide bonds. The summed E-state index contributed by atoms with van der Waals surface area (Å²) in [6.07, 6.45) is 1.69. The number of hydrogen-bond acceptors (Lipinski definition) is 5. The summed E-state index contributed by atoms with van der Waals surface area (Å²) in [4.78, 5) is 4.12. The molecule has 0 unspecified atom stereocenters. The van der Waals surface area contributed by atoms with Crippen LogP contribution in [0.2, 0.25) is 0 Å². The maximum absolute atomic E-state index is 5.73. The van der Waals surface area contributed by atoms with Crippen LogP contribution in [0.25, 0.3) is 0 Å². The van der Waals surface area contributed by atoms with Gasteiger partial charge in [-0.05, 0) is 18.2 Å². The molecule has 18 heavy (non-hydrogen) atoms. The molecule has 5 heteroatoms. The smallest absolute Gasteiger partial charge is 0.231 e. The molecule has 2 heterocycles. The summed E-state index contributed by atoms with van der Waals surface area (Å²) in [5, 5.41) is 2.96. The molecule has 1 aliphatic heterocycles. The Morgan fingerprint density at radius 3 is 2.83 bits per heavy atom. The summed E-state index contributed by atoms with van der Waals surface area (Å²) in [5.74, 6) is 3.62. The minimum atomic E-state index is 0.262. The summed E-state index contributed by atoms with van der Waals surface area (Å²) in [5.41, 5.74) is 0. The van der Waals surface area contributed by atoms with Crippen LogP contribution >= 0.6 is 0 Å². The van der Waals surface area contributed by atoms with Crippen LogP contribution in [0.4, 0.5) is 5.82 Å². The zero-order valence-electron chi connectivity index (χ0n) is 9.84. The van der Waals surface area contributed by atoms with Gasteiger partial charge in [0.2, 0.25) is 6.79 Å². The van der Waals surface area contributed by atoms with Crippen molar-refractivity contribution >= 4 is 5.82 Å². The SMILES string of the molecule is CNc1cc(Oc2ccc3c(c2)OCO3)ccn1. The predicted octanol–water partition coefficient (Wildman–Crippen LogP) is 2.64. The molecule has 0 bridgehead atoms. The lowest BCUT2D eigenvalue weighted by Crippen LogP contribution is -1.93. The fourth-order valence-electron chi connectivity index (χ4n) is 1.69. The van der Waals surface area contributed by atoms with Crippen molar-refractivity contribution in [3.63, 3.8) is 0 Å². The molecule has 0 spiro atoms. The molecule has 3 rings (SSSR count). The third kappa shape index (κ3) is 2.02. The van der Waals surface area contributed by atoms with Gasteiger partial charge in [0.05, 0.1) is 0 Å². The lowest BCUT2D eigenvalue weighted by molar-refractivity contribution is 0.174. The van der Waals surface area contributed by atoms with Crippen molar-refractivity contribution in [1.29, 1.82) is 0 Å². The van der Waals surface area contributed by atoms with Crippen LogP contribution < -0.4 is 19.5 Å². The number of fused-ring (bicyclic) bond motifs is 1.